The number of aliphatic hydroxyl groups is 3. The number of carbonyl (C=O) groups excluding carboxylic acids is 4. The van der Waals surface area contributed by atoms with Crippen molar-refractivity contribution in [2.75, 3.05) is 20.3 Å². The van der Waals surface area contributed by atoms with E-state index >= 15 is 0 Å². The second kappa shape index (κ2) is 14.2. The molecule has 0 heterocycles. The van der Waals surface area contributed by atoms with Crippen LogP contribution in [0.4, 0.5) is 0 Å². The van der Waals surface area contributed by atoms with Gasteiger partial charge in [-0.15, -0.1) is 0 Å². The number of aromatic hydroxyl groups is 1. The molecule has 1 aromatic carbocycles. The molecule has 32 heavy (non-hydrogen) atoms. The number of carbonyl (C=O) groups is 4. The molecule has 0 spiro atoms. The fourth-order valence-corrected chi connectivity index (χ4v) is 2.36. The van der Waals surface area contributed by atoms with Crippen LogP contribution >= 0.6 is 0 Å². The largest absolute Gasteiger partial charge is 1.00 e. The third-order valence-electron chi connectivity index (χ3n) is 3.78. The molecule has 0 aliphatic carbocycles. The van der Waals surface area contributed by atoms with Crippen molar-refractivity contribution in [3.63, 3.8) is 0 Å². The van der Waals surface area contributed by atoms with Crippen LogP contribution in [-0.2, 0) is 33.3 Å². The van der Waals surface area contributed by atoms with Gasteiger partial charge in [0.1, 0.15) is 18.5 Å². The first-order chi connectivity index (χ1) is 14.5. The molecule has 0 fully saturated rings. The fraction of sp³-hybridized carbons (Fsp3) is 0.474. The molecule has 0 aliphatic heterocycles. The molecule has 1 aromatic rings. The molecule has 4 N–H and O–H groups in total. The van der Waals surface area contributed by atoms with Crippen LogP contribution in [0.1, 0.15) is 31.6 Å². The monoisotopic (exact) mass is 468 g/mol. The van der Waals surface area contributed by atoms with Crippen LogP contribution in [0, 0.1) is 0 Å². The second-order valence-electron chi connectivity index (χ2n) is 6.38. The van der Waals surface area contributed by atoms with E-state index in [9.17, 15) is 34.5 Å². The number of esters is 4. The van der Waals surface area contributed by atoms with E-state index in [2.05, 4.69) is 9.47 Å². The van der Waals surface area contributed by atoms with Gasteiger partial charge >= 0.3 is 53.4 Å². The van der Waals surface area contributed by atoms with E-state index in [0.717, 1.165) is 14.0 Å². The summed E-state index contributed by atoms with van der Waals surface area (Å²) in [6.07, 6.45) is -5.05. The Morgan fingerprint density at radius 1 is 1.06 bits per heavy atom. The minimum Gasteiger partial charge on any atom is -1.00 e. The number of aliphatic hydroxyl groups excluding tert-OH is 3. The van der Waals surface area contributed by atoms with Gasteiger partial charge in [0, 0.05) is 0 Å². The number of methoxy groups -OCH3 is 1. The van der Waals surface area contributed by atoms with Crippen molar-refractivity contribution in [1.29, 1.82) is 0 Å². The summed E-state index contributed by atoms with van der Waals surface area (Å²) < 4.78 is 19.0. The van der Waals surface area contributed by atoms with E-state index in [4.69, 9.17) is 14.6 Å². The van der Waals surface area contributed by atoms with Gasteiger partial charge in [-0.05, 0) is 31.2 Å². The maximum Gasteiger partial charge on any atom is 1.00 e. The van der Waals surface area contributed by atoms with Crippen LogP contribution in [-0.4, -0.2) is 82.6 Å². The van der Waals surface area contributed by atoms with Crippen molar-refractivity contribution in [2.45, 2.75) is 37.8 Å². The number of hydrogen-bond donors (Lipinski definition) is 4. The van der Waals surface area contributed by atoms with E-state index in [0.29, 0.717) is 0 Å². The van der Waals surface area contributed by atoms with Crippen LogP contribution in [0.25, 0.3) is 0 Å². The third-order valence-corrected chi connectivity index (χ3v) is 3.78. The molecule has 3 unspecified atom stereocenters. The van der Waals surface area contributed by atoms with Crippen LogP contribution in [0.3, 0.4) is 0 Å². The van der Waals surface area contributed by atoms with Gasteiger partial charge in [-0.2, -0.15) is 0 Å². The maximum absolute atomic E-state index is 12.6. The first kappa shape index (κ1) is 29.9. The Labute approximate surface area is 206 Å². The first-order valence-corrected chi connectivity index (χ1v) is 8.96. The predicted molar refractivity (Wildman–Crippen MR) is 100 cm³/mol. The Bertz CT molecular complexity index is 785. The van der Waals surface area contributed by atoms with E-state index in [1.807, 2.05) is 0 Å². The Kier molecular flexibility index (Phi) is 13.3. The minimum atomic E-state index is -2.46. The molecule has 0 saturated heterocycles. The van der Waals surface area contributed by atoms with E-state index in [1.165, 1.54) is 24.3 Å². The number of phenols is 1. The standard InChI is InChI=1S/C19H24O12.Na.H/c1-11(21)31-19(7-15(24)28-2,18(27)29-10-14(23)9-20)8-16(25)30-17(26)12-3-5-13(22)6-4-12;;/h3-6,11,14,20-23H,7-10H2,1-2H3;;/q;+1;-1. The van der Waals surface area contributed by atoms with Gasteiger partial charge in [-0.25, -0.2) is 9.59 Å². The van der Waals surface area contributed by atoms with E-state index < -0.39 is 67.9 Å². The van der Waals surface area contributed by atoms with Crippen LogP contribution in [0.5, 0.6) is 5.75 Å². The zero-order valence-corrected chi connectivity index (χ0v) is 19.8. The van der Waals surface area contributed by atoms with Crippen molar-refractivity contribution in [3.8, 4) is 5.75 Å². The molecular weight excluding hydrogens is 443 g/mol. The zero-order chi connectivity index (χ0) is 23.6. The average molecular weight is 468 g/mol. The summed E-state index contributed by atoms with van der Waals surface area (Å²) in [5.41, 5.74) is -2.54. The molecule has 0 radical (unpaired) electrons. The summed E-state index contributed by atoms with van der Waals surface area (Å²) in [5, 5.41) is 37.1. The maximum atomic E-state index is 12.6. The molecule has 0 aliphatic rings. The number of phenolic OH excluding ortho intramolecular Hbond substituents is 1. The average Bonchev–Trinajstić information content (AvgIpc) is 2.71. The molecule has 1 rings (SSSR count). The molecule has 12 nitrogen and oxygen atoms in total. The molecule has 0 aromatic heterocycles. The smallest absolute Gasteiger partial charge is 1.00 e. The zero-order valence-electron chi connectivity index (χ0n) is 18.8. The van der Waals surface area contributed by atoms with Gasteiger partial charge in [0.25, 0.3) is 0 Å². The summed E-state index contributed by atoms with van der Waals surface area (Å²) in [4.78, 5) is 48.9. The topological polar surface area (TPSA) is 186 Å². The summed E-state index contributed by atoms with van der Waals surface area (Å²) in [5.74, 6) is -4.91. The Morgan fingerprint density at radius 2 is 1.62 bits per heavy atom. The molecule has 3 atom stereocenters. The second-order valence-corrected chi connectivity index (χ2v) is 6.38. The van der Waals surface area contributed by atoms with Crippen molar-refractivity contribution in [3.05, 3.63) is 29.8 Å². The third kappa shape index (κ3) is 9.61. The molecule has 174 valence electrons. The van der Waals surface area contributed by atoms with Gasteiger partial charge in [0.15, 0.2) is 11.9 Å². The molecular formula is C19H25NaO12. The number of ether oxygens (including phenoxy) is 4. The summed E-state index contributed by atoms with van der Waals surface area (Å²) in [6.45, 7) is -0.352. The van der Waals surface area contributed by atoms with E-state index in [-0.39, 0.29) is 42.3 Å². The fourth-order valence-electron chi connectivity index (χ4n) is 2.36. The quantitative estimate of drug-likeness (QED) is 0.0815. The molecule has 0 bridgehead atoms. The van der Waals surface area contributed by atoms with Crippen molar-refractivity contribution >= 4 is 23.9 Å². The summed E-state index contributed by atoms with van der Waals surface area (Å²) in [6, 6.07) is 4.74. The van der Waals surface area contributed by atoms with Crippen molar-refractivity contribution < 1.29 is 89.5 Å². The van der Waals surface area contributed by atoms with Gasteiger partial charge in [-0.1, -0.05) is 0 Å². The Balaban J connectivity index is 0. The molecule has 0 amide bonds. The number of hydrogen-bond acceptors (Lipinski definition) is 12. The molecule has 0 saturated carbocycles. The van der Waals surface area contributed by atoms with Crippen LogP contribution < -0.4 is 29.6 Å². The first-order valence-electron chi connectivity index (χ1n) is 8.96. The van der Waals surface area contributed by atoms with Crippen LogP contribution in [0.15, 0.2) is 24.3 Å². The van der Waals surface area contributed by atoms with Crippen molar-refractivity contribution in [1.82, 2.24) is 0 Å². The SMILES string of the molecule is COC(=O)CC(CC(=O)OC(=O)c1ccc(O)cc1)(OC(C)O)C(=O)OCC(O)CO.[H-].[Na+]. The summed E-state index contributed by atoms with van der Waals surface area (Å²) >= 11 is 0. The van der Waals surface area contributed by atoms with Gasteiger partial charge in [-0.3, -0.25) is 9.59 Å². The predicted octanol–water partition coefficient (Wildman–Crippen LogP) is -3.86. The summed E-state index contributed by atoms with van der Waals surface area (Å²) in [7, 11) is 1.00. The van der Waals surface area contributed by atoms with Gasteiger partial charge < -0.3 is 40.8 Å². The normalized spacial score (nSPS) is 14.2. The van der Waals surface area contributed by atoms with Gasteiger partial charge in [0.2, 0.25) is 0 Å². The van der Waals surface area contributed by atoms with E-state index in [1.54, 1.807) is 0 Å². The number of benzene rings is 1. The van der Waals surface area contributed by atoms with Crippen molar-refractivity contribution in [2.24, 2.45) is 0 Å². The molecule has 13 heteroatoms. The minimum absolute atomic E-state index is 0. The van der Waals surface area contributed by atoms with Crippen LogP contribution in [0.2, 0.25) is 0 Å². The van der Waals surface area contributed by atoms with Gasteiger partial charge in [0.05, 0.1) is 32.1 Å². The Morgan fingerprint density at radius 3 is 2.12 bits per heavy atom. The number of rotatable bonds is 11. The Hall–Kier alpha value is -2.06.